The van der Waals surface area contributed by atoms with Gasteiger partial charge in [0.05, 0.1) is 13.6 Å². The number of rotatable bonds is 4. The quantitative estimate of drug-likeness (QED) is 0.579. The van der Waals surface area contributed by atoms with Gasteiger partial charge >= 0.3 is 11.9 Å². The van der Waals surface area contributed by atoms with Gasteiger partial charge in [-0.1, -0.05) is 20.4 Å². The zero-order chi connectivity index (χ0) is 18.0. The van der Waals surface area contributed by atoms with Gasteiger partial charge in [0.25, 0.3) is 0 Å². The zero-order valence-electron chi connectivity index (χ0n) is 15.0. The maximum Gasteiger partial charge on any atom is 0.344 e. The smallest absolute Gasteiger partial charge is 0.344 e. The minimum atomic E-state index is -0.978. The molecule has 0 aromatic rings. The summed E-state index contributed by atoms with van der Waals surface area (Å²) in [4.78, 5) is 24.3. The van der Waals surface area contributed by atoms with E-state index in [0.29, 0.717) is 24.2 Å². The maximum atomic E-state index is 12.2. The highest BCUT2D eigenvalue weighted by atomic mass is 16.6. The highest BCUT2D eigenvalue weighted by Gasteiger charge is 2.63. The van der Waals surface area contributed by atoms with Gasteiger partial charge in [-0.15, -0.1) is 0 Å². The summed E-state index contributed by atoms with van der Waals surface area (Å²) in [6, 6.07) is 0. The Labute approximate surface area is 149 Å². The first-order chi connectivity index (χ1) is 11.7. The lowest BCUT2D eigenvalue weighted by molar-refractivity contribution is -0.174. The number of hydrogen-bond acceptors (Lipinski definition) is 5. The summed E-state index contributed by atoms with van der Waals surface area (Å²) in [7, 11) is 6.01. The van der Waals surface area contributed by atoms with E-state index in [1.54, 1.807) is 0 Å². The van der Waals surface area contributed by atoms with Crippen molar-refractivity contribution >= 4 is 19.8 Å². The van der Waals surface area contributed by atoms with Crippen LogP contribution in [-0.4, -0.2) is 38.6 Å². The molecule has 2 saturated heterocycles. The summed E-state index contributed by atoms with van der Waals surface area (Å²) >= 11 is 0. The van der Waals surface area contributed by atoms with Gasteiger partial charge in [0, 0.05) is 17.2 Å². The Bertz CT molecular complexity index is 629. The molecule has 3 saturated carbocycles. The number of carbonyl (C=O) groups excluding carboxylic acids is 2. The first-order valence-corrected chi connectivity index (χ1v) is 9.20. The van der Waals surface area contributed by atoms with Crippen molar-refractivity contribution in [3.05, 3.63) is 12.3 Å². The Kier molecular flexibility index (Phi) is 3.75. The molecule has 4 bridgehead atoms. The molecule has 2 radical (unpaired) electrons. The Hall–Kier alpha value is -1.46. The third-order valence-electron chi connectivity index (χ3n) is 6.75. The largest absolute Gasteiger partial charge is 0.491 e. The van der Waals surface area contributed by atoms with Gasteiger partial charge in [-0.05, 0) is 43.4 Å². The van der Waals surface area contributed by atoms with Crippen LogP contribution in [0.2, 0.25) is 5.31 Å². The molecular formula is C19H25BO5. The van der Waals surface area contributed by atoms with Crippen LogP contribution < -0.4 is 0 Å². The molecule has 5 fully saturated rings. The number of carbonyl (C=O) groups is 2. The summed E-state index contributed by atoms with van der Waals surface area (Å²) in [5.41, 5.74) is -0.276. The van der Waals surface area contributed by atoms with E-state index in [1.807, 2.05) is 13.8 Å². The van der Waals surface area contributed by atoms with Gasteiger partial charge in [0.1, 0.15) is 12.2 Å². The van der Waals surface area contributed by atoms with E-state index in [-0.39, 0.29) is 17.6 Å². The minimum absolute atomic E-state index is 0.119. The normalized spacial score (nSPS) is 43.1. The molecule has 5 aliphatic rings. The van der Waals surface area contributed by atoms with Crippen LogP contribution in [0.3, 0.4) is 0 Å². The van der Waals surface area contributed by atoms with Gasteiger partial charge in [-0.2, -0.15) is 0 Å². The molecule has 6 unspecified atom stereocenters. The Morgan fingerprint density at radius 1 is 1.28 bits per heavy atom. The van der Waals surface area contributed by atoms with Crippen molar-refractivity contribution < 1.29 is 23.8 Å². The van der Waals surface area contributed by atoms with Crippen molar-refractivity contribution in [1.82, 2.24) is 0 Å². The van der Waals surface area contributed by atoms with Crippen molar-refractivity contribution in [2.75, 3.05) is 6.61 Å². The molecule has 5 rings (SSSR count). The van der Waals surface area contributed by atoms with Crippen LogP contribution in [0.1, 0.15) is 46.0 Å². The van der Waals surface area contributed by atoms with Crippen molar-refractivity contribution in [3.63, 3.8) is 0 Å². The summed E-state index contributed by atoms with van der Waals surface area (Å²) in [6.45, 7) is 7.48. The predicted molar refractivity (Wildman–Crippen MR) is 90.6 cm³/mol. The average molecular weight is 344 g/mol. The van der Waals surface area contributed by atoms with Crippen LogP contribution in [0.5, 0.6) is 0 Å². The van der Waals surface area contributed by atoms with Gasteiger partial charge in [-0.3, -0.25) is 4.79 Å². The lowest BCUT2D eigenvalue weighted by Gasteiger charge is -2.41. The third kappa shape index (κ3) is 2.78. The van der Waals surface area contributed by atoms with E-state index in [2.05, 4.69) is 6.58 Å². The third-order valence-corrected chi connectivity index (χ3v) is 6.75. The molecule has 2 aliphatic heterocycles. The number of fused-ring (bicyclic) bond motifs is 1. The fourth-order valence-corrected chi connectivity index (χ4v) is 4.99. The van der Waals surface area contributed by atoms with Gasteiger partial charge in [-0.25, -0.2) is 4.79 Å². The van der Waals surface area contributed by atoms with E-state index >= 15 is 0 Å². The van der Waals surface area contributed by atoms with Gasteiger partial charge in [0.2, 0.25) is 0 Å². The summed E-state index contributed by atoms with van der Waals surface area (Å²) < 4.78 is 16.8. The molecule has 6 atom stereocenters. The van der Waals surface area contributed by atoms with Gasteiger partial charge in [0.15, 0.2) is 6.61 Å². The second-order valence-corrected chi connectivity index (χ2v) is 8.95. The van der Waals surface area contributed by atoms with Crippen molar-refractivity contribution in [1.29, 1.82) is 0 Å². The van der Waals surface area contributed by atoms with Crippen molar-refractivity contribution in [3.8, 4) is 0 Å². The molecule has 134 valence electrons. The predicted octanol–water partition coefficient (Wildman–Crippen LogP) is 2.55. The van der Waals surface area contributed by atoms with Crippen LogP contribution in [-0.2, 0) is 23.8 Å². The molecule has 0 N–H and O–H groups in total. The first kappa shape index (κ1) is 17.0. The molecule has 2 heterocycles. The molecule has 25 heavy (non-hydrogen) atoms. The molecule has 3 aliphatic carbocycles. The maximum absolute atomic E-state index is 12.2. The van der Waals surface area contributed by atoms with Crippen LogP contribution in [0.25, 0.3) is 0 Å². The summed E-state index contributed by atoms with van der Waals surface area (Å²) in [6.07, 6.45) is 4.26. The molecule has 0 spiro atoms. The van der Waals surface area contributed by atoms with E-state index < -0.39 is 23.9 Å². The summed E-state index contributed by atoms with van der Waals surface area (Å²) in [5.74, 6) is 1.11. The highest BCUT2D eigenvalue weighted by Crippen LogP contribution is 2.68. The number of hydrogen-bond donors (Lipinski definition) is 0. The van der Waals surface area contributed by atoms with Crippen LogP contribution >= 0.6 is 0 Å². The minimum Gasteiger partial charge on any atom is -0.491 e. The molecule has 0 amide bonds. The number of allylic oxidation sites excluding steroid dienone is 1. The highest BCUT2D eigenvalue weighted by molar-refractivity contribution is 6.30. The number of esters is 2. The fourth-order valence-electron chi connectivity index (χ4n) is 4.99. The molecule has 0 aromatic heterocycles. The summed E-state index contributed by atoms with van der Waals surface area (Å²) in [5, 5.41) is -0.978. The molecule has 0 aromatic carbocycles. The Morgan fingerprint density at radius 3 is 2.68 bits per heavy atom. The van der Waals surface area contributed by atoms with Crippen LogP contribution in [0, 0.1) is 23.2 Å². The monoisotopic (exact) mass is 344 g/mol. The topological polar surface area (TPSA) is 61.8 Å². The second kappa shape index (κ2) is 5.52. The Balaban J connectivity index is 1.34. The van der Waals surface area contributed by atoms with Crippen molar-refractivity contribution in [2.45, 2.75) is 63.5 Å². The number of ether oxygens (including phenoxy) is 3. The van der Waals surface area contributed by atoms with E-state index in [4.69, 9.17) is 22.1 Å². The van der Waals surface area contributed by atoms with Gasteiger partial charge < -0.3 is 14.2 Å². The molecule has 5 nitrogen and oxygen atoms in total. The van der Waals surface area contributed by atoms with E-state index in [9.17, 15) is 9.59 Å². The lowest BCUT2D eigenvalue weighted by atomic mass is 9.66. The van der Waals surface area contributed by atoms with E-state index in [1.165, 1.54) is 0 Å². The lowest BCUT2D eigenvalue weighted by Crippen LogP contribution is -2.45. The Morgan fingerprint density at radius 2 is 2.00 bits per heavy atom. The average Bonchev–Trinajstić information content (AvgIpc) is 3.11. The van der Waals surface area contributed by atoms with Crippen molar-refractivity contribution in [2.24, 2.45) is 23.2 Å². The molecule has 6 heteroatoms. The molecular weight excluding hydrogens is 319 g/mol. The van der Waals surface area contributed by atoms with Crippen LogP contribution in [0.4, 0.5) is 0 Å². The standard InChI is InChI=1S/C19H25BO5/c1-10-12-4-11-5-13(7-12)16(14(6-11)24-10)25-15(21)8-23-17(22)19(20)9-18(19,2)3/h11-14,16H,1,4-9H2,2-3H3. The SMILES string of the molecule is [B]C1(C(=O)OCC(=O)OC2C3CC4CC(C3)C(=C)OC2C4)CC1(C)C. The fraction of sp³-hybridized carbons (Fsp3) is 0.789. The second-order valence-electron chi connectivity index (χ2n) is 8.95. The van der Waals surface area contributed by atoms with E-state index in [0.717, 1.165) is 31.4 Å². The van der Waals surface area contributed by atoms with Crippen LogP contribution in [0.15, 0.2) is 12.3 Å². The zero-order valence-corrected chi connectivity index (χ0v) is 15.0. The first-order valence-electron chi connectivity index (χ1n) is 9.20.